The molecule has 0 aromatic heterocycles. The molecule has 0 aromatic rings. The molecule has 0 atom stereocenters. The molecule has 1 fully saturated rings. The Kier molecular flexibility index (Phi) is 7.37. The van der Waals surface area contributed by atoms with E-state index in [4.69, 9.17) is 4.74 Å². The first-order valence-corrected chi connectivity index (χ1v) is 9.14. The van der Waals surface area contributed by atoms with Crippen molar-refractivity contribution in [2.45, 2.75) is 72.8 Å². The summed E-state index contributed by atoms with van der Waals surface area (Å²) in [4.78, 5) is 13.5. The van der Waals surface area contributed by atoms with Gasteiger partial charge in [-0.3, -0.25) is 0 Å². The predicted octanol–water partition coefficient (Wildman–Crippen LogP) is 4.30. The van der Waals surface area contributed by atoms with Crippen LogP contribution >= 0.6 is 0 Å². The van der Waals surface area contributed by atoms with Crippen molar-refractivity contribution in [1.29, 1.82) is 0 Å². The van der Waals surface area contributed by atoms with Gasteiger partial charge in [-0.25, -0.2) is 4.79 Å². The van der Waals surface area contributed by atoms with Gasteiger partial charge >= 0.3 is 6.09 Å². The fraction of sp³-hybridized carbons (Fsp3) is 0.947. The van der Waals surface area contributed by atoms with E-state index in [2.05, 4.69) is 26.1 Å². The average molecular weight is 327 g/mol. The van der Waals surface area contributed by atoms with Crippen molar-refractivity contribution in [2.24, 2.45) is 17.3 Å². The smallest absolute Gasteiger partial charge is 0.410 e. The van der Waals surface area contributed by atoms with Crippen LogP contribution in [0.15, 0.2) is 0 Å². The lowest BCUT2D eigenvalue weighted by Gasteiger charge is -2.37. The number of amides is 1. The minimum Gasteiger partial charge on any atom is -0.444 e. The molecule has 0 spiro atoms. The van der Waals surface area contributed by atoms with Crippen molar-refractivity contribution in [3.05, 3.63) is 0 Å². The Morgan fingerprint density at radius 3 is 2.13 bits per heavy atom. The Balaban J connectivity index is 2.15. The number of nitrogens with one attached hydrogen (secondary N) is 1. The summed E-state index contributed by atoms with van der Waals surface area (Å²) in [6.45, 7) is 15.4. The van der Waals surface area contributed by atoms with Crippen molar-refractivity contribution >= 4 is 6.09 Å². The van der Waals surface area contributed by atoms with Crippen LogP contribution in [0.25, 0.3) is 0 Å². The third-order valence-electron chi connectivity index (χ3n) is 4.83. The van der Waals surface area contributed by atoms with E-state index in [-0.39, 0.29) is 6.09 Å². The molecule has 4 nitrogen and oxygen atoms in total. The van der Waals surface area contributed by atoms with E-state index in [1.165, 1.54) is 25.7 Å². The fourth-order valence-electron chi connectivity index (χ4n) is 3.22. The highest BCUT2D eigenvalue weighted by Crippen LogP contribution is 2.39. The predicted molar refractivity (Wildman–Crippen MR) is 96.6 cm³/mol. The summed E-state index contributed by atoms with van der Waals surface area (Å²) >= 11 is 0. The van der Waals surface area contributed by atoms with Crippen LogP contribution in [0, 0.1) is 17.3 Å². The van der Waals surface area contributed by atoms with Gasteiger partial charge in [-0.1, -0.05) is 20.8 Å². The molecule has 1 aliphatic carbocycles. The molecular weight excluding hydrogens is 288 g/mol. The Morgan fingerprint density at radius 1 is 1.09 bits per heavy atom. The van der Waals surface area contributed by atoms with Gasteiger partial charge in [0.2, 0.25) is 0 Å². The van der Waals surface area contributed by atoms with Gasteiger partial charge in [-0.2, -0.15) is 0 Å². The van der Waals surface area contributed by atoms with Gasteiger partial charge in [0.1, 0.15) is 5.60 Å². The summed E-state index contributed by atoms with van der Waals surface area (Å²) in [5, 5.41) is 3.51. The molecular formula is C19H38N2O2. The molecule has 4 heteroatoms. The Morgan fingerprint density at radius 2 is 1.65 bits per heavy atom. The molecule has 23 heavy (non-hydrogen) atoms. The van der Waals surface area contributed by atoms with Crippen molar-refractivity contribution in [1.82, 2.24) is 10.2 Å². The summed E-state index contributed by atoms with van der Waals surface area (Å²) in [6.07, 6.45) is 5.12. The SMILES string of the molecule is CN(CCNCC1CCC(C(C)(C)C)CC1)C(=O)OC(C)(C)C. The molecule has 1 N–H and O–H groups in total. The summed E-state index contributed by atoms with van der Waals surface area (Å²) in [5.41, 5.74) is 0.0268. The van der Waals surface area contributed by atoms with Gasteiger partial charge in [0.25, 0.3) is 0 Å². The lowest BCUT2D eigenvalue weighted by molar-refractivity contribution is 0.0300. The topological polar surface area (TPSA) is 41.6 Å². The van der Waals surface area contributed by atoms with Gasteiger partial charge in [0, 0.05) is 20.1 Å². The third kappa shape index (κ3) is 8.05. The van der Waals surface area contributed by atoms with Crippen molar-refractivity contribution in [2.75, 3.05) is 26.7 Å². The van der Waals surface area contributed by atoms with Gasteiger partial charge in [-0.05, 0) is 70.3 Å². The van der Waals surface area contributed by atoms with Crippen molar-refractivity contribution in [3.63, 3.8) is 0 Å². The molecule has 1 saturated carbocycles. The van der Waals surface area contributed by atoms with Crippen LogP contribution in [0.3, 0.4) is 0 Å². The summed E-state index contributed by atoms with van der Waals surface area (Å²) in [7, 11) is 1.80. The molecule has 0 radical (unpaired) electrons. The van der Waals surface area contributed by atoms with Crippen LogP contribution in [0.5, 0.6) is 0 Å². The zero-order valence-corrected chi connectivity index (χ0v) is 16.4. The Bertz CT molecular complexity index is 361. The first-order chi connectivity index (χ1) is 10.5. The van der Waals surface area contributed by atoms with E-state index < -0.39 is 5.60 Å². The minimum absolute atomic E-state index is 0.245. The number of rotatable bonds is 5. The van der Waals surface area contributed by atoms with Crippen LogP contribution in [0.4, 0.5) is 4.79 Å². The van der Waals surface area contributed by atoms with Crippen LogP contribution in [-0.2, 0) is 4.74 Å². The fourth-order valence-corrected chi connectivity index (χ4v) is 3.22. The quantitative estimate of drug-likeness (QED) is 0.766. The third-order valence-corrected chi connectivity index (χ3v) is 4.83. The summed E-state index contributed by atoms with van der Waals surface area (Å²) in [6, 6.07) is 0. The maximum Gasteiger partial charge on any atom is 0.410 e. The van der Waals surface area contributed by atoms with Crippen LogP contribution in [0.2, 0.25) is 0 Å². The lowest BCUT2D eigenvalue weighted by atomic mass is 9.70. The molecule has 1 amide bonds. The van der Waals surface area contributed by atoms with E-state index in [1.807, 2.05) is 20.8 Å². The van der Waals surface area contributed by atoms with Crippen LogP contribution < -0.4 is 5.32 Å². The molecule has 0 aromatic carbocycles. The van der Waals surface area contributed by atoms with Crippen molar-refractivity contribution < 1.29 is 9.53 Å². The van der Waals surface area contributed by atoms with Gasteiger partial charge < -0.3 is 15.0 Å². The maximum atomic E-state index is 11.9. The molecule has 0 saturated heterocycles. The maximum absolute atomic E-state index is 11.9. The van der Waals surface area contributed by atoms with E-state index in [0.717, 1.165) is 24.9 Å². The summed E-state index contributed by atoms with van der Waals surface area (Å²) < 4.78 is 5.35. The van der Waals surface area contributed by atoms with E-state index >= 15 is 0 Å². The monoisotopic (exact) mass is 326 g/mol. The number of likely N-dealkylation sites (N-methyl/N-ethyl adjacent to an activating group) is 1. The first kappa shape index (κ1) is 20.3. The highest BCUT2D eigenvalue weighted by Gasteiger charge is 2.29. The Hall–Kier alpha value is -0.770. The average Bonchev–Trinajstić information content (AvgIpc) is 2.41. The highest BCUT2D eigenvalue weighted by atomic mass is 16.6. The zero-order valence-electron chi connectivity index (χ0n) is 16.4. The lowest BCUT2D eigenvalue weighted by Crippen LogP contribution is -2.39. The molecule has 0 heterocycles. The van der Waals surface area contributed by atoms with E-state index in [9.17, 15) is 4.79 Å². The molecule has 0 bridgehead atoms. The molecule has 0 unspecified atom stereocenters. The van der Waals surface area contributed by atoms with Gasteiger partial charge in [-0.15, -0.1) is 0 Å². The summed E-state index contributed by atoms with van der Waals surface area (Å²) in [5.74, 6) is 1.66. The van der Waals surface area contributed by atoms with E-state index in [0.29, 0.717) is 12.0 Å². The highest BCUT2D eigenvalue weighted by molar-refractivity contribution is 5.67. The largest absolute Gasteiger partial charge is 0.444 e. The molecule has 1 rings (SSSR count). The number of ether oxygens (including phenoxy) is 1. The first-order valence-electron chi connectivity index (χ1n) is 9.14. The second kappa shape index (κ2) is 8.36. The second-order valence-electron chi connectivity index (χ2n) is 9.19. The minimum atomic E-state index is -0.426. The number of hydrogen-bond donors (Lipinski definition) is 1. The number of carbonyl (C=O) groups is 1. The van der Waals surface area contributed by atoms with Crippen molar-refractivity contribution in [3.8, 4) is 0 Å². The molecule has 0 aliphatic heterocycles. The van der Waals surface area contributed by atoms with Gasteiger partial charge in [0.15, 0.2) is 0 Å². The number of nitrogens with zero attached hydrogens (tertiary/aromatic N) is 1. The molecule has 1 aliphatic rings. The van der Waals surface area contributed by atoms with Gasteiger partial charge in [0.05, 0.1) is 0 Å². The van der Waals surface area contributed by atoms with Crippen LogP contribution in [0.1, 0.15) is 67.2 Å². The zero-order chi connectivity index (χ0) is 17.7. The van der Waals surface area contributed by atoms with Crippen LogP contribution in [-0.4, -0.2) is 43.3 Å². The number of carbonyl (C=O) groups excluding carboxylic acids is 1. The van der Waals surface area contributed by atoms with E-state index in [1.54, 1.807) is 11.9 Å². The Labute approximate surface area is 143 Å². The second-order valence-corrected chi connectivity index (χ2v) is 9.19. The normalized spacial score (nSPS) is 22.7. The number of hydrogen-bond acceptors (Lipinski definition) is 3. The molecule has 136 valence electrons. The standard InChI is InChI=1S/C19H38N2O2/c1-18(2,3)16-10-8-15(9-11-16)14-20-12-13-21(7)17(22)23-19(4,5)6/h15-16,20H,8-14H2,1-7H3.